The summed E-state index contributed by atoms with van der Waals surface area (Å²) < 4.78 is 12.7. The van der Waals surface area contributed by atoms with E-state index < -0.39 is 8.07 Å². The number of furan rings is 2. The summed E-state index contributed by atoms with van der Waals surface area (Å²) in [5.74, 6) is 0. The molecule has 0 saturated carbocycles. The van der Waals surface area contributed by atoms with E-state index >= 15 is 0 Å². The molecule has 0 aromatic carbocycles. The molecular formula is C13H12O2SSi. The first-order chi connectivity index (χ1) is 8.32. The van der Waals surface area contributed by atoms with Crippen molar-refractivity contribution in [2.24, 2.45) is 0 Å². The smallest absolute Gasteiger partial charge is 0.243 e. The van der Waals surface area contributed by atoms with Gasteiger partial charge < -0.3 is 8.83 Å². The lowest BCUT2D eigenvalue weighted by Crippen LogP contribution is -2.63. The van der Waals surface area contributed by atoms with Crippen molar-refractivity contribution >= 4 is 34.7 Å². The topological polar surface area (TPSA) is 26.3 Å². The van der Waals surface area contributed by atoms with Crippen LogP contribution in [0, 0.1) is 0 Å². The molecule has 0 bridgehead atoms. The molecule has 86 valence electrons. The monoisotopic (exact) mass is 260 g/mol. The standard InChI is InChI=1S/C13H12O2SSi/c1-17(11-5-2-8-14-11,12-6-3-9-15-12)13-7-4-10-16-13/h2-10H,1H3. The van der Waals surface area contributed by atoms with Crippen LogP contribution in [-0.4, -0.2) is 8.07 Å². The van der Waals surface area contributed by atoms with E-state index in [9.17, 15) is 0 Å². The maximum absolute atomic E-state index is 5.65. The van der Waals surface area contributed by atoms with Gasteiger partial charge in [0, 0.05) is 4.50 Å². The van der Waals surface area contributed by atoms with Crippen LogP contribution in [0.3, 0.4) is 0 Å². The third-order valence-electron chi connectivity index (χ3n) is 3.04. The molecule has 2 nitrogen and oxygen atoms in total. The fraction of sp³-hybridized carbons (Fsp3) is 0.0769. The third kappa shape index (κ3) is 1.60. The van der Waals surface area contributed by atoms with Gasteiger partial charge in [0.1, 0.15) is 0 Å². The molecule has 0 N–H and O–H groups in total. The molecule has 0 saturated heterocycles. The molecule has 0 spiro atoms. The van der Waals surface area contributed by atoms with Crippen LogP contribution in [0.4, 0.5) is 0 Å². The maximum atomic E-state index is 5.65. The first-order valence-electron chi connectivity index (χ1n) is 5.44. The second-order valence-corrected chi connectivity index (χ2v) is 9.14. The Labute approximate surface area is 105 Å². The summed E-state index contributed by atoms with van der Waals surface area (Å²) in [7, 11) is -2.04. The van der Waals surface area contributed by atoms with Gasteiger partial charge in [0.2, 0.25) is 8.07 Å². The van der Waals surface area contributed by atoms with Crippen LogP contribution < -0.4 is 15.3 Å². The summed E-state index contributed by atoms with van der Waals surface area (Å²) in [6.07, 6.45) is 3.47. The maximum Gasteiger partial charge on any atom is 0.243 e. The Morgan fingerprint density at radius 2 is 1.59 bits per heavy atom. The Morgan fingerprint density at radius 3 is 2.00 bits per heavy atom. The van der Waals surface area contributed by atoms with Crippen molar-refractivity contribution in [3.8, 4) is 0 Å². The zero-order valence-corrected chi connectivity index (χ0v) is 11.2. The normalized spacial score (nSPS) is 11.8. The minimum Gasteiger partial charge on any atom is -0.473 e. The van der Waals surface area contributed by atoms with E-state index in [1.807, 2.05) is 12.1 Å². The number of thiophene rings is 1. The van der Waals surface area contributed by atoms with Crippen molar-refractivity contribution in [2.75, 3.05) is 0 Å². The predicted octanol–water partition coefficient (Wildman–Crippen LogP) is 2.03. The molecule has 4 heteroatoms. The molecule has 0 fully saturated rings. The van der Waals surface area contributed by atoms with E-state index in [1.165, 1.54) is 4.50 Å². The zero-order chi connectivity index (χ0) is 11.7. The van der Waals surface area contributed by atoms with Gasteiger partial charge in [-0.3, -0.25) is 0 Å². The van der Waals surface area contributed by atoms with Crippen LogP contribution in [0.2, 0.25) is 6.55 Å². The van der Waals surface area contributed by atoms with Crippen molar-refractivity contribution in [3.05, 3.63) is 54.3 Å². The summed E-state index contributed by atoms with van der Waals surface area (Å²) in [5.41, 5.74) is 0. The van der Waals surface area contributed by atoms with E-state index in [1.54, 1.807) is 23.9 Å². The number of hydrogen-bond acceptors (Lipinski definition) is 3. The van der Waals surface area contributed by atoms with Gasteiger partial charge >= 0.3 is 0 Å². The molecule has 3 rings (SSSR count). The van der Waals surface area contributed by atoms with Crippen LogP contribution in [0.25, 0.3) is 0 Å². The van der Waals surface area contributed by atoms with Crippen LogP contribution in [0.15, 0.2) is 63.1 Å². The zero-order valence-electron chi connectivity index (χ0n) is 9.42. The van der Waals surface area contributed by atoms with E-state index in [0.29, 0.717) is 0 Å². The molecule has 0 aliphatic heterocycles. The highest BCUT2D eigenvalue weighted by Crippen LogP contribution is 2.10. The van der Waals surface area contributed by atoms with Gasteiger partial charge in [-0.1, -0.05) is 18.7 Å². The average Bonchev–Trinajstić information content (AvgIpc) is 3.10. The van der Waals surface area contributed by atoms with Gasteiger partial charge in [-0.15, -0.1) is 0 Å². The Morgan fingerprint density at radius 1 is 0.941 bits per heavy atom. The summed E-state index contributed by atoms with van der Waals surface area (Å²) in [6.45, 7) is 2.26. The van der Waals surface area contributed by atoms with E-state index in [-0.39, 0.29) is 0 Å². The first-order valence-corrected chi connectivity index (χ1v) is 8.82. The molecule has 3 heterocycles. The minimum absolute atomic E-state index is 1.04. The first kappa shape index (κ1) is 10.6. The average molecular weight is 260 g/mol. The fourth-order valence-electron chi connectivity index (χ4n) is 2.05. The summed E-state index contributed by atoms with van der Waals surface area (Å²) in [4.78, 5) is 0. The molecule has 3 aromatic rings. The molecule has 0 aliphatic carbocycles. The van der Waals surface area contributed by atoms with E-state index in [2.05, 4.69) is 36.2 Å². The Bertz CT molecular complexity index is 483. The molecule has 0 aliphatic rings. The molecule has 0 unspecified atom stereocenters. The lowest BCUT2D eigenvalue weighted by atomic mass is 10.7. The van der Waals surface area contributed by atoms with Gasteiger partial charge in [0.05, 0.1) is 23.3 Å². The van der Waals surface area contributed by atoms with Crippen molar-refractivity contribution in [1.82, 2.24) is 0 Å². The van der Waals surface area contributed by atoms with E-state index in [4.69, 9.17) is 8.83 Å². The van der Waals surface area contributed by atoms with Crippen LogP contribution >= 0.6 is 11.3 Å². The van der Waals surface area contributed by atoms with Gasteiger partial charge in [-0.2, -0.15) is 11.3 Å². The van der Waals surface area contributed by atoms with Crippen molar-refractivity contribution in [2.45, 2.75) is 6.55 Å². The lowest BCUT2D eigenvalue weighted by Gasteiger charge is -2.20. The molecule has 0 amide bonds. The lowest BCUT2D eigenvalue weighted by molar-refractivity contribution is 0.585. The van der Waals surface area contributed by atoms with Gasteiger partial charge in [0.25, 0.3) is 0 Å². The quantitative estimate of drug-likeness (QED) is 0.674. The predicted molar refractivity (Wildman–Crippen MR) is 72.3 cm³/mol. The largest absolute Gasteiger partial charge is 0.473 e. The Hall–Kier alpha value is -1.52. The minimum atomic E-state index is -2.04. The van der Waals surface area contributed by atoms with Crippen LogP contribution in [-0.2, 0) is 0 Å². The number of rotatable bonds is 3. The Kier molecular flexibility index (Phi) is 2.53. The molecule has 0 atom stereocenters. The highest BCUT2D eigenvalue weighted by Gasteiger charge is 2.41. The highest BCUT2D eigenvalue weighted by molar-refractivity contribution is 7.31. The SMILES string of the molecule is C[Si](c1ccco1)(c1ccco1)c1cccs1. The highest BCUT2D eigenvalue weighted by atomic mass is 32.1. The summed E-state index contributed by atoms with van der Waals surface area (Å²) >= 11 is 1.77. The Balaban J connectivity index is 2.21. The molecular weight excluding hydrogens is 248 g/mol. The van der Waals surface area contributed by atoms with Crippen molar-refractivity contribution in [1.29, 1.82) is 0 Å². The molecule has 17 heavy (non-hydrogen) atoms. The van der Waals surface area contributed by atoms with Crippen LogP contribution in [0.1, 0.15) is 0 Å². The van der Waals surface area contributed by atoms with Crippen molar-refractivity contribution < 1.29 is 8.83 Å². The third-order valence-corrected chi connectivity index (χ3v) is 9.00. The van der Waals surface area contributed by atoms with Crippen molar-refractivity contribution in [3.63, 3.8) is 0 Å². The van der Waals surface area contributed by atoms with Gasteiger partial charge in [0.15, 0.2) is 0 Å². The molecule has 3 aromatic heterocycles. The fourth-order valence-corrected chi connectivity index (χ4v) is 6.89. The summed E-state index contributed by atoms with van der Waals surface area (Å²) in [6, 6.07) is 12.2. The second-order valence-electron chi connectivity index (χ2n) is 4.06. The second kappa shape index (κ2) is 4.05. The molecule has 0 radical (unpaired) electrons. The number of hydrogen-bond donors (Lipinski definition) is 0. The van der Waals surface area contributed by atoms with Gasteiger partial charge in [-0.05, 0) is 29.6 Å². The van der Waals surface area contributed by atoms with Crippen LogP contribution in [0.5, 0.6) is 0 Å². The summed E-state index contributed by atoms with van der Waals surface area (Å²) in [5, 5.41) is 4.18. The van der Waals surface area contributed by atoms with Gasteiger partial charge in [-0.25, -0.2) is 0 Å². The van der Waals surface area contributed by atoms with E-state index in [0.717, 1.165) is 10.8 Å².